The molecule has 0 aromatic heterocycles. The fourth-order valence-electron chi connectivity index (χ4n) is 3.70. The van der Waals surface area contributed by atoms with Gasteiger partial charge in [0.05, 0.1) is 12.6 Å². The molecule has 1 N–H and O–H groups in total. The van der Waals surface area contributed by atoms with Crippen molar-refractivity contribution < 1.29 is 18.7 Å². The second-order valence-corrected chi connectivity index (χ2v) is 8.04. The number of ether oxygens (including phenoxy) is 1. The van der Waals surface area contributed by atoms with Gasteiger partial charge in [0, 0.05) is 21.3 Å². The summed E-state index contributed by atoms with van der Waals surface area (Å²) in [5.74, 6) is -0.310. The maximum Gasteiger partial charge on any atom is 0.255 e. The number of carbonyl (C=O) groups is 2. The molecule has 0 unspecified atom stereocenters. The summed E-state index contributed by atoms with van der Waals surface area (Å²) in [6, 6.07) is 17.7. The Labute approximate surface area is 188 Å². The van der Waals surface area contributed by atoms with Crippen LogP contribution in [-0.2, 0) is 4.79 Å². The van der Waals surface area contributed by atoms with Gasteiger partial charge in [-0.15, -0.1) is 0 Å². The van der Waals surface area contributed by atoms with Crippen molar-refractivity contribution in [2.45, 2.75) is 13.0 Å². The van der Waals surface area contributed by atoms with Crippen molar-refractivity contribution in [3.63, 3.8) is 0 Å². The van der Waals surface area contributed by atoms with Gasteiger partial charge in [-0.05, 0) is 67.1 Å². The van der Waals surface area contributed by atoms with Crippen LogP contribution in [0.25, 0.3) is 0 Å². The second kappa shape index (κ2) is 8.89. The minimum Gasteiger partial charge on any atom is -0.494 e. The zero-order chi connectivity index (χ0) is 22.0. The van der Waals surface area contributed by atoms with Gasteiger partial charge in [-0.2, -0.15) is 0 Å². The van der Waals surface area contributed by atoms with Crippen molar-refractivity contribution >= 4 is 33.4 Å². The van der Waals surface area contributed by atoms with Crippen molar-refractivity contribution in [2.24, 2.45) is 0 Å². The lowest BCUT2D eigenvalue weighted by atomic mass is 9.95. The predicted molar refractivity (Wildman–Crippen MR) is 120 cm³/mol. The van der Waals surface area contributed by atoms with E-state index in [4.69, 9.17) is 4.74 Å². The number of carbonyl (C=O) groups excluding carboxylic acids is 2. The van der Waals surface area contributed by atoms with Crippen LogP contribution in [-0.4, -0.2) is 29.9 Å². The average Bonchev–Trinajstić information content (AvgIpc) is 2.90. The third kappa shape index (κ3) is 4.46. The zero-order valence-electron chi connectivity index (χ0n) is 16.8. The first-order valence-electron chi connectivity index (χ1n) is 9.85. The Morgan fingerprint density at radius 1 is 1.13 bits per heavy atom. The Morgan fingerprint density at radius 2 is 1.84 bits per heavy atom. The highest BCUT2D eigenvalue weighted by atomic mass is 79.9. The van der Waals surface area contributed by atoms with Gasteiger partial charge in [0.25, 0.3) is 5.91 Å². The van der Waals surface area contributed by atoms with E-state index in [1.165, 1.54) is 17.0 Å². The lowest BCUT2D eigenvalue weighted by molar-refractivity contribution is -0.117. The molecule has 7 heteroatoms. The molecule has 5 nitrogen and oxygen atoms in total. The zero-order valence-corrected chi connectivity index (χ0v) is 18.4. The van der Waals surface area contributed by atoms with Gasteiger partial charge in [-0.1, -0.05) is 28.1 Å². The fraction of sp³-hybridized carbons (Fsp3) is 0.167. The van der Waals surface area contributed by atoms with Crippen LogP contribution >= 0.6 is 15.9 Å². The monoisotopic (exact) mass is 482 g/mol. The number of anilines is 1. The van der Waals surface area contributed by atoms with Crippen LogP contribution in [0.2, 0.25) is 0 Å². The van der Waals surface area contributed by atoms with E-state index in [9.17, 15) is 14.0 Å². The highest BCUT2D eigenvalue weighted by Gasteiger charge is 2.34. The van der Waals surface area contributed by atoms with Gasteiger partial charge in [0.15, 0.2) is 0 Å². The van der Waals surface area contributed by atoms with E-state index < -0.39 is 6.04 Å². The molecular formula is C24H20BrFN2O3. The van der Waals surface area contributed by atoms with Crippen LogP contribution in [0.1, 0.15) is 34.5 Å². The summed E-state index contributed by atoms with van der Waals surface area (Å²) in [6.45, 7) is 2.27. The van der Waals surface area contributed by atoms with Crippen LogP contribution in [0, 0.1) is 5.82 Å². The highest BCUT2D eigenvalue weighted by molar-refractivity contribution is 9.10. The van der Waals surface area contributed by atoms with Crippen LogP contribution < -0.4 is 10.1 Å². The normalized spacial score (nSPS) is 15.6. The summed E-state index contributed by atoms with van der Waals surface area (Å²) in [5.41, 5.74) is 2.49. The molecule has 3 aromatic rings. The number of benzene rings is 3. The summed E-state index contributed by atoms with van der Waals surface area (Å²) in [6.07, 6.45) is 0. The molecule has 0 bridgehead atoms. The number of fused-ring (bicyclic) bond motifs is 1. The third-order valence-corrected chi connectivity index (χ3v) is 5.56. The van der Waals surface area contributed by atoms with Crippen LogP contribution in [0.15, 0.2) is 71.2 Å². The molecule has 31 heavy (non-hydrogen) atoms. The van der Waals surface area contributed by atoms with Crippen LogP contribution in [0.4, 0.5) is 10.1 Å². The summed E-state index contributed by atoms with van der Waals surface area (Å²) < 4.78 is 19.9. The van der Waals surface area contributed by atoms with Gasteiger partial charge in [0.2, 0.25) is 5.91 Å². The standard InChI is InChI=1S/C24H20BrFN2O3/c1-2-31-19-10-5-16(6-11-19)24(30)28-14-22(29)27-21-12-7-17(25)13-20(21)23(28)15-3-8-18(26)9-4-15/h3-13,23H,2,14H2,1H3,(H,27,29)/t23-/m1/s1. The summed E-state index contributed by atoms with van der Waals surface area (Å²) in [7, 11) is 0. The molecule has 0 saturated carbocycles. The molecule has 158 valence electrons. The summed E-state index contributed by atoms with van der Waals surface area (Å²) >= 11 is 3.48. The number of amides is 2. The lowest BCUT2D eigenvalue weighted by Crippen LogP contribution is -2.39. The quantitative estimate of drug-likeness (QED) is 0.557. The predicted octanol–water partition coefficient (Wildman–Crippen LogP) is 5.17. The number of hydrogen-bond donors (Lipinski definition) is 1. The van der Waals surface area contributed by atoms with Gasteiger partial charge < -0.3 is 15.0 Å². The number of hydrogen-bond acceptors (Lipinski definition) is 3. The molecule has 1 aliphatic heterocycles. The highest BCUT2D eigenvalue weighted by Crippen LogP contribution is 2.38. The van der Waals surface area contributed by atoms with E-state index in [1.807, 2.05) is 19.1 Å². The average molecular weight is 483 g/mol. The summed E-state index contributed by atoms with van der Waals surface area (Å²) in [5, 5.41) is 2.88. The number of nitrogens with zero attached hydrogens (tertiary/aromatic N) is 1. The van der Waals surface area contributed by atoms with E-state index >= 15 is 0 Å². The molecule has 2 amide bonds. The number of nitrogens with one attached hydrogen (secondary N) is 1. The SMILES string of the molecule is CCOc1ccc(C(=O)N2CC(=O)Nc3ccc(Br)cc3[C@H]2c2ccc(F)cc2)cc1. The maximum absolute atomic E-state index is 13.6. The van der Waals surface area contributed by atoms with Crippen LogP contribution in [0.5, 0.6) is 5.75 Å². The van der Waals surface area contributed by atoms with E-state index in [1.54, 1.807) is 42.5 Å². The molecule has 0 spiro atoms. The molecule has 0 saturated heterocycles. The Kier molecular flexibility index (Phi) is 6.04. The molecule has 1 heterocycles. The molecule has 4 rings (SSSR count). The van der Waals surface area contributed by atoms with Gasteiger partial charge in [-0.25, -0.2) is 4.39 Å². The molecular weight excluding hydrogens is 463 g/mol. The van der Waals surface area contributed by atoms with E-state index in [-0.39, 0.29) is 24.2 Å². The van der Waals surface area contributed by atoms with Gasteiger partial charge in [-0.3, -0.25) is 9.59 Å². The van der Waals surface area contributed by atoms with Crippen molar-refractivity contribution in [3.05, 3.63) is 93.7 Å². The lowest BCUT2D eigenvalue weighted by Gasteiger charge is -2.31. The first-order chi connectivity index (χ1) is 15.0. The fourth-order valence-corrected chi connectivity index (χ4v) is 4.08. The first kappa shape index (κ1) is 21.1. The molecule has 0 radical (unpaired) electrons. The van der Waals surface area contributed by atoms with Crippen molar-refractivity contribution in [1.29, 1.82) is 0 Å². The minimum atomic E-state index is -0.578. The van der Waals surface area contributed by atoms with Gasteiger partial charge in [0.1, 0.15) is 18.1 Å². The van der Waals surface area contributed by atoms with Crippen LogP contribution in [0.3, 0.4) is 0 Å². The largest absolute Gasteiger partial charge is 0.494 e. The number of rotatable bonds is 4. The Bertz CT molecular complexity index is 1120. The maximum atomic E-state index is 13.6. The number of halogens is 2. The van der Waals surface area contributed by atoms with Crippen molar-refractivity contribution in [3.8, 4) is 5.75 Å². The smallest absolute Gasteiger partial charge is 0.255 e. The Hall–Kier alpha value is -3.19. The molecule has 1 atom stereocenters. The van der Waals surface area contributed by atoms with E-state index in [0.717, 1.165) is 10.0 Å². The van der Waals surface area contributed by atoms with E-state index in [0.29, 0.717) is 29.2 Å². The minimum absolute atomic E-state index is 0.139. The Balaban J connectivity index is 1.82. The summed E-state index contributed by atoms with van der Waals surface area (Å²) in [4.78, 5) is 27.7. The Morgan fingerprint density at radius 3 is 2.52 bits per heavy atom. The second-order valence-electron chi connectivity index (χ2n) is 7.12. The molecule has 3 aromatic carbocycles. The van der Waals surface area contributed by atoms with Gasteiger partial charge >= 0.3 is 0 Å². The molecule has 0 aliphatic carbocycles. The molecule has 1 aliphatic rings. The van der Waals surface area contributed by atoms with E-state index in [2.05, 4.69) is 21.2 Å². The van der Waals surface area contributed by atoms with Crippen molar-refractivity contribution in [2.75, 3.05) is 18.5 Å². The van der Waals surface area contributed by atoms with Crippen molar-refractivity contribution in [1.82, 2.24) is 4.90 Å². The molecule has 0 fully saturated rings. The third-order valence-electron chi connectivity index (χ3n) is 5.07. The topological polar surface area (TPSA) is 58.6 Å². The first-order valence-corrected chi connectivity index (χ1v) is 10.6.